The maximum absolute atomic E-state index is 12.5. The summed E-state index contributed by atoms with van der Waals surface area (Å²) < 4.78 is 25.1. The maximum Gasteiger partial charge on any atom is 0.238 e. The number of rotatable bonds is 6. The Labute approximate surface area is 143 Å². The Hall–Kier alpha value is -2.14. The van der Waals surface area contributed by atoms with Crippen LogP contribution in [-0.4, -0.2) is 26.1 Å². The monoisotopic (exact) mass is 345 g/mol. The molecule has 0 heterocycles. The molecule has 1 N–H and O–H groups in total. The van der Waals surface area contributed by atoms with Crippen LogP contribution in [0.2, 0.25) is 0 Å². The lowest BCUT2D eigenvalue weighted by molar-refractivity contribution is -0.120. The Morgan fingerprint density at radius 3 is 2.17 bits per heavy atom. The standard InChI is InChI=1S/C19H23NO3S/c1-14-9-11-18(12-10-14)24(22,23)16(3)19(21)20-13-15(2)17-7-5-4-6-8-17/h4-12,15-16H,13H2,1-3H3,(H,20,21). The average molecular weight is 345 g/mol. The van der Waals surface area contributed by atoms with Crippen LogP contribution in [0.4, 0.5) is 0 Å². The van der Waals surface area contributed by atoms with Gasteiger partial charge in [-0.15, -0.1) is 0 Å². The minimum atomic E-state index is -3.68. The predicted octanol–water partition coefficient (Wildman–Crippen LogP) is 3.08. The number of hydrogen-bond acceptors (Lipinski definition) is 3. The van der Waals surface area contributed by atoms with Crippen LogP contribution in [0.25, 0.3) is 0 Å². The van der Waals surface area contributed by atoms with Crippen LogP contribution < -0.4 is 5.32 Å². The average Bonchev–Trinajstić information content (AvgIpc) is 2.59. The molecule has 5 heteroatoms. The second-order valence-electron chi connectivity index (χ2n) is 6.06. The van der Waals surface area contributed by atoms with Crippen LogP contribution in [-0.2, 0) is 14.6 Å². The van der Waals surface area contributed by atoms with Crippen molar-refractivity contribution in [3.05, 3.63) is 65.7 Å². The van der Waals surface area contributed by atoms with Crippen LogP contribution in [0.5, 0.6) is 0 Å². The smallest absolute Gasteiger partial charge is 0.238 e. The van der Waals surface area contributed by atoms with Crippen LogP contribution >= 0.6 is 0 Å². The summed E-state index contributed by atoms with van der Waals surface area (Å²) in [6.07, 6.45) is 0. The highest BCUT2D eigenvalue weighted by Gasteiger charge is 2.29. The summed E-state index contributed by atoms with van der Waals surface area (Å²) in [6, 6.07) is 16.3. The Morgan fingerprint density at radius 1 is 1.00 bits per heavy atom. The zero-order valence-electron chi connectivity index (χ0n) is 14.2. The molecule has 2 aromatic carbocycles. The lowest BCUT2D eigenvalue weighted by Gasteiger charge is -2.17. The molecule has 1 amide bonds. The number of nitrogens with one attached hydrogen (secondary N) is 1. The third-order valence-corrected chi connectivity index (χ3v) is 6.21. The number of aryl methyl sites for hydroxylation is 1. The fraction of sp³-hybridized carbons (Fsp3) is 0.316. The zero-order chi connectivity index (χ0) is 17.7. The second kappa shape index (κ2) is 7.62. The largest absolute Gasteiger partial charge is 0.354 e. The van der Waals surface area contributed by atoms with E-state index in [4.69, 9.17) is 0 Å². The molecule has 2 rings (SSSR count). The third-order valence-electron chi connectivity index (χ3n) is 4.14. The van der Waals surface area contributed by atoms with Crippen LogP contribution in [0.15, 0.2) is 59.5 Å². The number of benzene rings is 2. The van der Waals surface area contributed by atoms with E-state index in [0.717, 1.165) is 11.1 Å². The molecule has 24 heavy (non-hydrogen) atoms. The molecule has 0 aliphatic carbocycles. The summed E-state index contributed by atoms with van der Waals surface area (Å²) in [5.41, 5.74) is 2.08. The first kappa shape index (κ1) is 18.2. The van der Waals surface area contributed by atoms with Crippen molar-refractivity contribution in [2.24, 2.45) is 0 Å². The number of sulfone groups is 1. The van der Waals surface area contributed by atoms with Crippen molar-refractivity contribution in [2.75, 3.05) is 6.54 Å². The first-order valence-corrected chi connectivity index (χ1v) is 9.50. The SMILES string of the molecule is Cc1ccc(S(=O)(=O)C(C)C(=O)NCC(C)c2ccccc2)cc1. The Balaban J connectivity index is 2.02. The van der Waals surface area contributed by atoms with Gasteiger partial charge in [-0.2, -0.15) is 0 Å². The summed E-state index contributed by atoms with van der Waals surface area (Å²) in [5, 5.41) is 1.63. The van der Waals surface area contributed by atoms with Crippen molar-refractivity contribution >= 4 is 15.7 Å². The van der Waals surface area contributed by atoms with Crippen molar-refractivity contribution in [3.63, 3.8) is 0 Å². The fourth-order valence-corrected chi connectivity index (χ4v) is 3.66. The van der Waals surface area contributed by atoms with E-state index < -0.39 is 21.0 Å². The molecule has 0 aliphatic rings. The van der Waals surface area contributed by atoms with Crippen LogP contribution in [0.3, 0.4) is 0 Å². The first-order chi connectivity index (χ1) is 11.3. The van der Waals surface area contributed by atoms with E-state index in [1.165, 1.54) is 6.92 Å². The quantitative estimate of drug-likeness (QED) is 0.875. The van der Waals surface area contributed by atoms with E-state index in [1.807, 2.05) is 44.2 Å². The molecule has 2 aromatic rings. The van der Waals surface area contributed by atoms with E-state index in [0.29, 0.717) is 6.54 Å². The van der Waals surface area contributed by atoms with Gasteiger partial charge in [-0.25, -0.2) is 8.42 Å². The Morgan fingerprint density at radius 2 is 1.58 bits per heavy atom. The molecule has 4 nitrogen and oxygen atoms in total. The van der Waals surface area contributed by atoms with Crippen molar-refractivity contribution < 1.29 is 13.2 Å². The molecule has 0 fully saturated rings. The Kier molecular flexibility index (Phi) is 5.78. The molecule has 0 bridgehead atoms. The number of hydrogen-bond donors (Lipinski definition) is 1. The molecule has 0 saturated carbocycles. The van der Waals surface area contributed by atoms with Gasteiger partial charge in [0.25, 0.3) is 0 Å². The lowest BCUT2D eigenvalue weighted by Crippen LogP contribution is -2.39. The third kappa shape index (κ3) is 4.23. The van der Waals surface area contributed by atoms with E-state index in [9.17, 15) is 13.2 Å². The van der Waals surface area contributed by atoms with Gasteiger partial charge in [-0.05, 0) is 37.5 Å². The summed E-state index contributed by atoms with van der Waals surface area (Å²) in [5.74, 6) is -0.359. The number of carbonyl (C=O) groups excluding carboxylic acids is 1. The normalized spacial score (nSPS) is 14.0. The van der Waals surface area contributed by atoms with E-state index in [2.05, 4.69) is 5.32 Å². The van der Waals surface area contributed by atoms with Crippen molar-refractivity contribution in [2.45, 2.75) is 36.8 Å². The van der Waals surface area contributed by atoms with Crippen molar-refractivity contribution in [3.8, 4) is 0 Å². The van der Waals surface area contributed by atoms with E-state index >= 15 is 0 Å². The Bertz CT molecular complexity index is 783. The molecule has 0 aliphatic heterocycles. The maximum atomic E-state index is 12.5. The molecule has 0 saturated heterocycles. The minimum Gasteiger partial charge on any atom is -0.354 e. The van der Waals surface area contributed by atoms with Gasteiger partial charge >= 0.3 is 0 Å². The molecular formula is C19H23NO3S. The number of carbonyl (C=O) groups is 1. The molecule has 128 valence electrons. The van der Waals surface area contributed by atoms with Crippen molar-refractivity contribution in [1.29, 1.82) is 0 Å². The summed E-state index contributed by atoms with van der Waals surface area (Å²) >= 11 is 0. The molecule has 0 aromatic heterocycles. The van der Waals surface area contributed by atoms with Gasteiger partial charge in [0.05, 0.1) is 4.90 Å². The number of amides is 1. The highest BCUT2D eigenvalue weighted by Crippen LogP contribution is 2.18. The minimum absolute atomic E-state index is 0.115. The van der Waals surface area contributed by atoms with E-state index in [1.54, 1.807) is 24.3 Å². The van der Waals surface area contributed by atoms with Gasteiger partial charge in [0.1, 0.15) is 5.25 Å². The summed E-state index contributed by atoms with van der Waals surface area (Å²) in [6.45, 7) is 5.71. The summed E-state index contributed by atoms with van der Waals surface area (Å²) in [4.78, 5) is 12.4. The van der Waals surface area contributed by atoms with Crippen LogP contribution in [0, 0.1) is 6.92 Å². The van der Waals surface area contributed by atoms with E-state index in [-0.39, 0.29) is 10.8 Å². The van der Waals surface area contributed by atoms with Gasteiger partial charge in [0.2, 0.25) is 5.91 Å². The highest BCUT2D eigenvalue weighted by molar-refractivity contribution is 7.92. The van der Waals surface area contributed by atoms with Gasteiger partial charge in [0, 0.05) is 6.54 Å². The van der Waals surface area contributed by atoms with Crippen molar-refractivity contribution in [1.82, 2.24) is 5.32 Å². The van der Waals surface area contributed by atoms with Crippen LogP contribution in [0.1, 0.15) is 30.9 Å². The van der Waals surface area contributed by atoms with Gasteiger partial charge in [-0.1, -0.05) is 55.0 Å². The zero-order valence-corrected chi connectivity index (χ0v) is 15.0. The fourth-order valence-electron chi connectivity index (χ4n) is 2.37. The second-order valence-corrected chi connectivity index (χ2v) is 8.33. The molecule has 2 atom stereocenters. The molecule has 0 spiro atoms. The first-order valence-electron chi connectivity index (χ1n) is 7.95. The topological polar surface area (TPSA) is 63.2 Å². The molecule has 0 radical (unpaired) electrons. The van der Waals surface area contributed by atoms with Gasteiger partial charge < -0.3 is 5.32 Å². The molecule has 2 unspecified atom stereocenters. The predicted molar refractivity (Wildman–Crippen MR) is 95.7 cm³/mol. The summed E-state index contributed by atoms with van der Waals surface area (Å²) in [7, 11) is -3.68. The highest BCUT2D eigenvalue weighted by atomic mass is 32.2. The lowest BCUT2D eigenvalue weighted by atomic mass is 10.0. The van der Waals surface area contributed by atoms with Gasteiger partial charge in [0.15, 0.2) is 9.84 Å². The molecular weight excluding hydrogens is 322 g/mol. The van der Waals surface area contributed by atoms with Gasteiger partial charge in [-0.3, -0.25) is 4.79 Å².